The van der Waals surface area contributed by atoms with Crippen molar-refractivity contribution in [2.75, 3.05) is 11.1 Å². The van der Waals surface area contributed by atoms with Crippen molar-refractivity contribution in [2.45, 2.75) is 24.7 Å². The summed E-state index contributed by atoms with van der Waals surface area (Å²) in [6.07, 6.45) is 2.45. The number of aliphatic hydroxyl groups is 2. The van der Waals surface area contributed by atoms with E-state index in [4.69, 9.17) is 5.73 Å². The van der Waals surface area contributed by atoms with Crippen LogP contribution in [0.2, 0.25) is 0 Å². The lowest BCUT2D eigenvalue weighted by Crippen LogP contribution is -2.29. The third kappa shape index (κ3) is 1.92. The number of imidazole rings is 1. The summed E-state index contributed by atoms with van der Waals surface area (Å²) in [5.41, 5.74) is 7.24. The fourth-order valence-electron chi connectivity index (χ4n) is 2.77. The van der Waals surface area contributed by atoms with Gasteiger partial charge >= 0.3 is 0 Å². The van der Waals surface area contributed by atoms with Crippen LogP contribution in [-0.4, -0.2) is 42.3 Å². The number of hydrogen-bond acceptors (Lipinski definition) is 5. The Labute approximate surface area is 118 Å². The molecule has 0 amide bonds. The highest BCUT2D eigenvalue weighted by Crippen LogP contribution is 2.38. The van der Waals surface area contributed by atoms with Gasteiger partial charge in [-0.05, 0) is 18.4 Å². The summed E-state index contributed by atoms with van der Waals surface area (Å²) in [5.74, 6) is 0.415. The summed E-state index contributed by atoms with van der Waals surface area (Å²) in [6, 6.07) is 1.63. The topological polar surface area (TPSA) is 97.2 Å². The van der Waals surface area contributed by atoms with Gasteiger partial charge in [-0.3, -0.25) is 0 Å². The first-order valence-electron chi connectivity index (χ1n) is 6.12. The van der Waals surface area contributed by atoms with Crippen molar-refractivity contribution in [1.29, 1.82) is 0 Å². The molecular weight excluding hydrogens is 312 g/mol. The zero-order valence-corrected chi connectivity index (χ0v) is 11.7. The Morgan fingerprint density at radius 2 is 2.16 bits per heavy atom. The number of halogens is 1. The molecule has 1 fully saturated rings. The Kier molecular flexibility index (Phi) is 3.20. The van der Waals surface area contributed by atoms with E-state index in [2.05, 4.69) is 25.9 Å². The first-order chi connectivity index (χ1) is 9.13. The minimum absolute atomic E-state index is 0.0386. The number of hydrogen-bond donors (Lipinski definition) is 3. The van der Waals surface area contributed by atoms with Crippen LogP contribution in [0.25, 0.3) is 11.0 Å². The summed E-state index contributed by atoms with van der Waals surface area (Å²) in [7, 11) is 0. The van der Waals surface area contributed by atoms with Gasteiger partial charge in [0.1, 0.15) is 11.6 Å². The van der Waals surface area contributed by atoms with Gasteiger partial charge in [0, 0.05) is 11.5 Å². The van der Waals surface area contributed by atoms with Crippen LogP contribution in [0.15, 0.2) is 18.6 Å². The van der Waals surface area contributed by atoms with Gasteiger partial charge in [0.25, 0.3) is 0 Å². The van der Waals surface area contributed by atoms with Gasteiger partial charge in [-0.25, -0.2) is 9.97 Å². The molecule has 4 atom stereocenters. The lowest BCUT2D eigenvalue weighted by atomic mass is 10.1. The molecule has 0 radical (unpaired) electrons. The number of rotatable bonds is 2. The van der Waals surface area contributed by atoms with Gasteiger partial charge < -0.3 is 20.5 Å². The average Bonchev–Trinajstić information content (AvgIpc) is 2.94. The van der Waals surface area contributed by atoms with Crippen LogP contribution in [0.4, 0.5) is 5.82 Å². The van der Waals surface area contributed by atoms with E-state index in [1.54, 1.807) is 12.5 Å². The quantitative estimate of drug-likeness (QED) is 0.705. The molecule has 1 aliphatic rings. The largest absolute Gasteiger partial charge is 0.390 e. The second kappa shape index (κ2) is 4.73. The molecule has 0 unspecified atom stereocenters. The molecule has 0 spiro atoms. The van der Waals surface area contributed by atoms with Gasteiger partial charge in [0.05, 0.1) is 24.0 Å². The van der Waals surface area contributed by atoms with E-state index in [0.29, 0.717) is 23.1 Å². The van der Waals surface area contributed by atoms with Crippen molar-refractivity contribution in [3.63, 3.8) is 0 Å². The Bertz CT molecular complexity index is 602. The normalized spacial score (nSPS) is 31.1. The van der Waals surface area contributed by atoms with Crippen LogP contribution in [0.1, 0.15) is 12.5 Å². The molecule has 6 nitrogen and oxygen atoms in total. The summed E-state index contributed by atoms with van der Waals surface area (Å²) < 4.78 is 1.88. The van der Waals surface area contributed by atoms with Crippen LogP contribution in [0.5, 0.6) is 0 Å². The second-order valence-electron chi connectivity index (χ2n) is 4.91. The highest BCUT2D eigenvalue weighted by molar-refractivity contribution is 9.09. The molecule has 7 heteroatoms. The van der Waals surface area contributed by atoms with E-state index in [-0.39, 0.29) is 12.0 Å². The first-order valence-corrected chi connectivity index (χ1v) is 7.24. The van der Waals surface area contributed by atoms with E-state index >= 15 is 0 Å². The molecule has 1 saturated carbocycles. The fraction of sp³-hybridized carbons (Fsp3) is 0.500. The number of anilines is 1. The molecule has 2 aromatic heterocycles. The predicted octanol–water partition coefficient (Wildman–Crippen LogP) is 0.691. The number of alkyl halides is 1. The molecule has 0 bridgehead atoms. The zero-order valence-electron chi connectivity index (χ0n) is 10.1. The number of nitrogens with two attached hydrogens (primary N) is 1. The molecule has 0 aromatic carbocycles. The minimum atomic E-state index is -0.797. The molecular formula is C12H15BrN4O2. The van der Waals surface area contributed by atoms with Crippen LogP contribution in [-0.2, 0) is 0 Å². The maximum atomic E-state index is 10.2. The third-order valence-electron chi connectivity index (χ3n) is 3.85. The number of fused-ring (bicyclic) bond motifs is 1. The highest BCUT2D eigenvalue weighted by Gasteiger charge is 2.42. The Hall–Kier alpha value is -1.18. The number of aromatic nitrogens is 3. The lowest BCUT2D eigenvalue weighted by Gasteiger charge is -2.18. The minimum Gasteiger partial charge on any atom is -0.390 e. The maximum absolute atomic E-state index is 10.2. The number of pyridine rings is 1. The zero-order chi connectivity index (χ0) is 13.6. The van der Waals surface area contributed by atoms with Gasteiger partial charge in [-0.15, -0.1) is 0 Å². The lowest BCUT2D eigenvalue weighted by molar-refractivity contribution is 0.0106. The molecule has 3 rings (SSSR count). The van der Waals surface area contributed by atoms with Crippen molar-refractivity contribution >= 4 is 32.8 Å². The number of nitrogen functional groups attached to an aromatic ring is 1. The SMILES string of the molecule is Nc1nccc2c1ncn2[C@H]1C[C@@H](CBr)[C@H](O)[C@@H]1O. The number of aliphatic hydroxyl groups excluding tert-OH is 2. The summed E-state index contributed by atoms with van der Waals surface area (Å²) >= 11 is 3.37. The van der Waals surface area contributed by atoms with Crippen molar-refractivity contribution in [3.05, 3.63) is 18.6 Å². The molecule has 102 valence electrons. The second-order valence-corrected chi connectivity index (χ2v) is 5.56. The Balaban J connectivity index is 2.04. The highest BCUT2D eigenvalue weighted by atomic mass is 79.9. The van der Waals surface area contributed by atoms with Crippen LogP contribution < -0.4 is 5.73 Å². The maximum Gasteiger partial charge on any atom is 0.151 e. The standard InChI is InChI=1S/C12H15BrN4O2/c13-4-6-3-8(11(19)10(6)18)17-5-16-9-7(17)1-2-15-12(9)14/h1-2,5-6,8,10-11,18-19H,3-4H2,(H2,14,15)/t6-,8-,10-,11+/m0/s1. The van der Waals surface area contributed by atoms with Crippen molar-refractivity contribution in [1.82, 2.24) is 14.5 Å². The van der Waals surface area contributed by atoms with E-state index in [0.717, 1.165) is 5.52 Å². The predicted molar refractivity (Wildman–Crippen MR) is 74.9 cm³/mol. The molecule has 2 aromatic rings. The Morgan fingerprint density at radius 1 is 1.37 bits per heavy atom. The molecule has 1 aliphatic carbocycles. The third-order valence-corrected chi connectivity index (χ3v) is 4.68. The molecule has 0 saturated heterocycles. The molecule has 2 heterocycles. The fourth-order valence-corrected chi connectivity index (χ4v) is 3.42. The van der Waals surface area contributed by atoms with E-state index in [1.807, 2.05) is 10.6 Å². The first kappa shape index (κ1) is 12.8. The van der Waals surface area contributed by atoms with Gasteiger partial charge in [0.15, 0.2) is 5.82 Å². The van der Waals surface area contributed by atoms with Gasteiger partial charge in [0.2, 0.25) is 0 Å². The van der Waals surface area contributed by atoms with Gasteiger partial charge in [-0.1, -0.05) is 15.9 Å². The van der Waals surface area contributed by atoms with Crippen LogP contribution in [0.3, 0.4) is 0 Å². The van der Waals surface area contributed by atoms with Crippen LogP contribution in [0, 0.1) is 5.92 Å². The van der Waals surface area contributed by atoms with Crippen molar-refractivity contribution in [3.8, 4) is 0 Å². The van der Waals surface area contributed by atoms with Gasteiger partial charge in [-0.2, -0.15) is 0 Å². The average molecular weight is 327 g/mol. The van der Waals surface area contributed by atoms with E-state index in [1.165, 1.54) is 0 Å². The van der Waals surface area contributed by atoms with E-state index < -0.39 is 12.2 Å². The smallest absolute Gasteiger partial charge is 0.151 e. The Morgan fingerprint density at radius 3 is 2.84 bits per heavy atom. The number of nitrogens with zero attached hydrogens (tertiary/aromatic N) is 3. The van der Waals surface area contributed by atoms with Crippen LogP contribution >= 0.6 is 15.9 Å². The van der Waals surface area contributed by atoms with Crippen molar-refractivity contribution < 1.29 is 10.2 Å². The molecule has 0 aliphatic heterocycles. The summed E-state index contributed by atoms with van der Waals surface area (Å²) in [6.45, 7) is 0. The van der Waals surface area contributed by atoms with Crippen molar-refractivity contribution in [2.24, 2.45) is 5.92 Å². The summed E-state index contributed by atoms with van der Waals surface area (Å²) in [5, 5.41) is 20.9. The monoisotopic (exact) mass is 326 g/mol. The molecule has 19 heavy (non-hydrogen) atoms. The van der Waals surface area contributed by atoms with E-state index in [9.17, 15) is 10.2 Å². The molecule has 4 N–H and O–H groups in total. The summed E-state index contributed by atoms with van der Waals surface area (Å²) in [4.78, 5) is 8.24.